The van der Waals surface area contributed by atoms with Crippen LogP contribution < -0.4 is 36.9 Å². The first-order chi connectivity index (χ1) is 25.9. The molecule has 5 aliphatic rings. The molecule has 0 saturated carbocycles. The molecule has 2 fully saturated rings. The van der Waals surface area contributed by atoms with E-state index in [0.717, 1.165) is 25.8 Å². The molecule has 3 heterocycles. The Hall–Kier alpha value is -5.06. The largest absolute Gasteiger partial charge is 0.493 e. The Morgan fingerprint density at radius 2 is 1.93 bits per heavy atom. The Labute approximate surface area is 314 Å². The lowest BCUT2D eigenvalue weighted by molar-refractivity contribution is -0.147. The van der Waals surface area contributed by atoms with Gasteiger partial charge in [-0.1, -0.05) is 6.07 Å². The summed E-state index contributed by atoms with van der Waals surface area (Å²) >= 11 is 0. The van der Waals surface area contributed by atoms with Crippen LogP contribution in [-0.4, -0.2) is 124 Å². The number of rotatable bonds is 13. The number of methoxy groups -OCH3 is 2. The van der Waals surface area contributed by atoms with Crippen LogP contribution in [0.5, 0.6) is 11.5 Å². The third-order valence-electron chi connectivity index (χ3n) is 11.7. The van der Waals surface area contributed by atoms with Crippen LogP contribution in [0.4, 0.5) is 4.79 Å². The summed E-state index contributed by atoms with van der Waals surface area (Å²) < 4.78 is 23.8. The zero-order chi connectivity index (χ0) is 38.7. The van der Waals surface area contributed by atoms with Crippen LogP contribution in [0.15, 0.2) is 29.0 Å². The number of likely N-dealkylation sites (tertiary alicyclic amines) is 2. The topological polar surface area (TPSA) is 229 Å². The zero-order valence-corrected chi connectivity index (χ0v) is 31.4. The average Bonchev–Trinajstić information content (AvgIpc) is 3.51. The van der Waals surface area contributed by atoms with Crippen LogP contribution in [0.2, 0.25) is 0 Å². The molecule has 17 heteroatoms. The maximum atomic E-state index is 14.2. The van der Waals surface area contributed by atoms with Crippen molar-refractivity contribution in [3.05, 3.63) is 35.1 Å². The maximum absolute atomic E-state index is 14.2. The van der Waals surface area contributed by atoms with Crippen LogP contribution in [0.25, 0.3) is 0 Å². The van der Waals surface area contributed by atoms with Crippen molar-refractivity contribution in [3.63, 3.8) is 0 Å². The number of nitrogens with one attached hydrogen (secondary N) is 3. The van der Waals surface area contributed by atoms with Crippen molar-refractivity contribution in [1.82, 2.24) is 25.8 Å². The number of esters is 1. The number of aliphatic imine (C=N–C) groups is 1. The summed E-state index contributed by atoms with van der Waals surface area (Å²) in [5, 5.41) is 7.93. The van der Waals surface area contributed by atoms with Gasteiger partial charge in [0.25, 0.3) is 0 Å². The molecule has 4 amide bonds. The highest BCUT2D eigenvalue weighted by Gasteiger charge is 2.65. The second-order valence-electron chi connectivity index (χ2n) is 14.8. The number of amides is 4. The molecule has 0 aromatic heterocycles. The van der Waals surface area contributed by atoms with E-state index in [0.29, 0.717) is 36.1 Å². The van der Waals surface area contributed by atoms with Crippen molar-refractivity contribution in [2.45, 2.75) is 81.5 Å². The first-order valence-corrected chi connectivity index (χ1v) is 18.6. The highest BCUT2D eigenvalue weighted by molar-refractivity contribution is 5.90. The molecule has 54 heavy (non-hydrogen) atoms. The molecular formula is C37H52N8O9. The average molecular weight is 753 g/mol. The van der Waals surface area contributed by atoms with E-state index in [-0.39, 0.29) is 56.3 Å². The molecule has 3 aliphatic heterocycles. The lowest BCUT2D eigenvalue weighted by Crippen LogP contribution is -2.63. The fourth-order valence-corrected chi connectivity index (χ4v) is 9.15. The van der Waals surface area contributed by atoms with Gasteiger partial charge in [0.1, 0.15) is 11.8 Å². The number of nitrogens with two attached hydrogens (primary N) is 2. The van der Waals surface area contributed by atoms with E-state index < -0.39 is 53.9 Å². The van der Waals surface area contributed by atoms with E-state index in [4.69, 9.17) is 30.4 Å². The van der Waals surface area contributed by atoms with Crippen molar-refractivity contribution >= 4 is 35.7 Å². The van der Waals surface area contributed by atoms with Crippen LogP contribution in [-0.2, 0) is 40.5 Å². The lowest BCUT2D eigenvalue weighted by atomic mass is 9.53. The standard InChI is InChI=1S/C37H52N8O9/c1-20(46)41-19-29(47)43-25(6-5-13-40-35(38)39)33(48)42-18-23-16-22(34(49)52-4)11-14-45(23)36(50)53-28-10-8-24-26-17-21-7-9-27(51-3)31-30(21)37(24,32(28)54-31)12-15-44(26)2/h7,9-10,22-26,32H,5-6,8,11-19H2,1-4H3,(H,41,46)(H,42,48)(H,43,47)(H4,38,39,40)/t22?,23?,24-,25-,26+,32?,37-/m0/s1. The predicted molar refractivity (Wildman–Crippen MR) is 195 cm³/mol. The molecular weight excluding hydrogens is 700 g/mol. The van der Waals surface area contributed by atoms with Gasteiger partial charge < -0.3 is 56.2 Å². The summed E-state index contributed by atoms with van der Waals surface area (Å²) in [6, 6.07) is 2.77. The number of ether oxygens (including phenoxy) is 4. The summed E-state index contributed by atoms with van der Waals surface area (Å²) in [5.74, 6) is -0.373. The second kappa shape index (κ2) is 16.1. The number of carbonyl (C=O) groups is 5. The quantitative estimate of drug-likeness (QED) is 0.0779. The van der Waals surface area contributed by atoms with Crippen LogP contribution in [0.1, 0.15) is 56.6 Å². The van der Waals surface area contributed by atoms with E-state index in [1.165, 1.54) is 25.2 Å². The van der Waals surface area contributed by atoms with E-state index in [2.05, 4.69) is 39.0 Å². The van der Waals surface area contributed by atoms with Crippen molar-refractivity contribution in [1.29, 1.82) is 0 Å². The highest BCUT2D eigenvalue weighted by Crippen LogP contribution is 2.63. The summed E-state index contributed by atoms with van der Waals surface area (Å²) in [5.41, 5.74) is 12.9. The molecule has 2 bridgehead atoms. The molecule has 1 spiro atoms. The third kappa shape index (κ3) is 7.50. The van der Waals surface area contributed by atoms with Gasteiger partial charge >= 0.3 is 12.1 Å². The van der Waals surface area contributed by atoms with Crippen molar-refractivity contribution < 1.29 is 42.9 Å². The van der Waals surface area contributed by atoms with Crippen LogP contribution in [0.3, 0.4) is 0 Å². The Bertz CT molecular complexity index is 1710. The first-order valence-electron chi connectivity index (χ1n) is 18.6. The van der Waals surface area contributed by atoms with Gasteiger partial charge in [-0.3, -0.25) is 24.2 Å². The normalized spacial score (nSPS) is 26.9. The molecule has 7 atom stereocenters. The van der Waals surface area contributed by atoms with Crippen LogP contribution in [0, 0.1) is 11.8 Å². The summed E-state index contributed by atoms with van der Waals surface area (Å²) in [6.45, 7) is 2.24. The monoisotopic (exact) mass is 752 g/mol. The number of hydrogen-bond acceptors (Lipinski definition) is 11. The minimum absolute atomic E-state index is 0.0294. The fraction of sp³-hybridized carbons (Fsp3) is 0.622. The molecule has 7 N–H and O–H groups in total. The van der Waals surface area contributed by atoms with Gasteiger partial charge in [0.15, 0.2) is 23.6 Å². The summed E-state index contributed by atoms with van der Waals surface area (Å²) in [6.07, 6.45) is 4.46. The number of benzene rings is 1. The van der Waals surface area contributed by atoms with Gasteiger partial charge in [0, 0.05) is 43.6 Å². The van der Waals surface area contributed by atoms with Crippen LogP contribution >= 0.6 is 0 Å². The minimum atomic E-state index is -0.989. The molecule has 2 saturated heterocycles. The Morgan fingerprint density at radius 1 is 1.13 bits per heavy atom. The SMILES string of the molecule is COC(=O)C1CCN(C(=O)OC2=CC[C@H]3[C@H]4Cc5ccc(OC)c6c5[C@@]3(CCN4C)C2O6)C(CNC(=O)[C@H](CCCN=C(N)N)NC(=O)CNC(C)=O)C1. The van der Waals surface area contributed by atoms with Crippen molar-refractivity contribution in [3.8, 4) is 11.5 Å². The maximum Gasteiger partial charge on any atom is 0.415 e. The number of allylic oxidation sites excluding steroid dienone is 1. The number of nitrogens with zero attached hydrogens (tertiary/aromatic N) is 3. The molecule has 1 aromatic carbocycles. The number of guanidine groups is 1. The highest BCUT2D eigenvalue weighted by atomic mass is 16.6. The van der Waals surface area contributed by atoms with E-state index in [1.54, 1.807) is 12.0 Å². The molecule has 1 aromatic rings. The van der Waals surface area contributed by atoms with Crippen molar-refractivity contribution in [2.24, 2.45) is 28.3 Å². The predicted octanol–water partition coefficient (Wildman–Crippen LogP) is 0.0389. The van der Waals surface area contributed by atoms with E-state index >= 15 is 0 Å². The first kappa shape index (κ1) is 38.7. The van der Waals surface area contributed by atoms with Gasteiger partial charge in [-0.25, -0.2) is 4.79 Å². The third-order valence-corrected chi connectivity index (χ3v) is 11.7. The lowest BCUT2D eigenvalue weighted by Gasteiger charge is -2.56. The van der Waals surface area contributed by atoms with Gasteiger partial charge in [-0.2, -0.15) is 0 Å². The molecule has 0 radical (unpaired) electrons. The van der Waals surface area contributed by atoms with E-state index in [9.17, 15) is 24.0 Å². The molecule has 294 valence electrons. The number of carbonyl (C=O) groups excluding carboxylic acids is 5. The summed E-state index contributed by atoms with van der Waals surface area (Å²) in [4.78, 5) is 72.3. The molecule has 3 unspecified atom stereocenters. The number of likely N-dealkylation sites (N-methyl/N-ethyl adjacent to an activating group) is 1. The summed E-state index contributed by atoms with van der Waals surface area (Å²) in [7, 11) is 5.11. The molecule has 17 nitrogen and oxygen atoms in total. The smallest absolute Gasteiger partial charge is 0.415 e. The Kier molecular flexibility index (Phi) is 11.5. The number of piperidine rings is 2. The fourth-order valence-electron chi connectivity index (χ4n) is 9.15. The Morgan fingerprint density at radius 3 is 2.65 bits per heavy atom. The second-order valence-corrected chi connectivity index (χ2v) is 14.8. The zero-order valence-electron chi connectivity index (χ0n) is 31.4. The minimum Gasteiger partial charge on any atom is -0.493 e. The van der Waals surface area contributed by atoms with E-state index in [1.807, 2.05) is 12.1 Å². The Balaban J connectivity index is 1.19. The van der Waals surface area contributed by atoms with Crippen molar-refractivity contribution in [2.75, 3.05) is 54.0 Å². The van der Waals surface area contributed by atoms with Gasteiger partial charge in [0.05, 0.1) is 32.7 Å². The van der Waals surface area contributed by atoms with Gasteiger partial charge in [0.2, 0.25) is 17.7 Å². The van der Waals surface area contributed by atoms with Gasteiger partial charge in [-0.05, 0) is 82.2 Å². The van der Waals surface area contributed by atoms with Gasteiger partial charge in [-0.15, -0.1) is 0 Å². The molecule has 2 aliphatic carbocycles. The number of hydrogen-bond donors (Lipinski definition) is 5. The molecule has 6 rings (SSSR count).